The van der Waals surface area contributed by atoms with Crippen molar-refractivity contribution in [2.45, 2.75) is 90.2 Å². The van der Waals surface area contributed by atoms with Gasteiger partial charge in [0.15, 0.2) is 0 Å². The maximum atomic E-state index is 13.8. The van der Waals surface area contributed by atoms with Crippen LogP contribution in [0.3, 0.4) is 0 Å². The molecular formula is C31H42N2O11. The summed E-state index contributed by atoms with van der Waals surface area (Å²) in [5.74, 6) is -4.36. The highest BCUT2D eigenvalue weighted by Crippen LogP contribution is 2.63. The Morgan fingerprint density at radius 2 is 1.66 bits per heavy atom. The van der Waals surface area contributed by atoms with Crippen LogP contribution in [-0.2, 0) is 39.8 Å². The average molecular weight is 619 g/mol. The number of ether oxygens (including phenoxy) is 5. The summed E-state index contributed by atoms with van der Waals surface area (Å²) in [5.41, 5.74) is -2.80. The summed E-state index contributed by atoms with van der Waals surface area (Å²) >= 11 is 0. The second kappa shape index (κ2) is 13.2. The van der Waals surface area contributed by atoms with Crippen LogP contribution in [-0.4, -0.2) is 70.7 Å². The number of alkyl carbamates (subject to hydrolysis) is 1. The van der Waals surface area contributed by atoms with Gasteiger partial charge in [0.2, 0.25) is 5.91 Å². The van der Waals surface area contributed by atoms with Gasteiger partial charge in [-0.05, 0) is 66.2 Å². The Kier molecular flexibility index (Phi) is 10.3. The van der Waals surface area contributed by atoms with Gasteiger partial charge >= 0.3 is 24.2 Å². The van der Waals surface area contributed by atoms with Gasteiger partial charge in [0.1, 0.15) is 28.5 Å². The van der Waals surface area contributed by atoms with Crippen LogP contribution in [0.4, 0.5) is 9.59 Å². The molecule has 13 nitrogen and oxygen atoms in total. The molecule has 44 heavy (non-hydrogen) atoms. The van der Waals surface area contributed by atoms with E-state index in [0.717, 1.165) is 6.26 Å². The third kappa shape index (κ3) is 8.49. The molecule has 3 N–H and O–H groups in total. The number of nitrogens with one attached hydrogen (secondary N) is 2. The summed E-state index contributed by atoms with van der Waals surface area (Å²) in [6.07, 6.45) is -2.16. The normalized spacial score (nSPS) is 24.5. The predicted molar refractivity (Wildman–Crippen MR) is 155 cm³/mol. The van der Waals surface area contributed by atoms with Gasteiger partial charge in [0.25, 0.3) is 0 Å². The monoisotopic (exact) mass is 618 g/mol. The molecule has 1 unspecified atom stereocenters. The van der Waals surface area contributed by atoms with Crippen LogP contribution in [0.15, 0.2) is 37.1 Å². The Labute approximate surface area is 256 Å². The molecule has 242 valence electrons. The predicted octanol–water partition coefficient (Wildman–Crippen LogP) is 3.17. The number of benzene rings is 1. The lowest BCUT2D eigenvalue weighted by Gasteiger charge is -2.33. The molecule has 0 radical (unpaired) electrons. The molecule has 13 heteroatoms. The molecule has 1 aromatic rings. The van der Waals surface area contributed by atoms with E-state index in [0.29, 0.717) is 5.56 Å². The number of carbonyl (C=O) groups excluding carboxylic acids is 5. The van der Waals surface area contributed by atoms with Crippen LogP contribution >= 0.6 is 0 Å². The van der Waals surface area contributed by atoms with Crippen molar-refractivity contribution in [3.8, 4) is 5.75 Å². The van der Waals surface area contributed by atoms with Crippen LogP contribution in [0.5, 0.6) is 5.75 Å². The zero-order chi connectivity index (χ0) is 33.0. The summed E-state index contributed by atoms with van der Waals surface area (Å²) in [7, 11) is 0. The number of hydrogen-bond donors (Lipinski definition) is 3. The first-order valence-corrected chi connectivity index (χ1v) is 14.4. The van der Waals surface area contributed by atoms with Gasteiger partial charge in [-0.3, -0.25) is 9.59 Å². The standard InChI is InChI=1S/C31H42N2O11/c1-9-40-25(36)22-21-20(34)16-31(23(21)22,26(37)41-10-2)33-24(35)19(32-27(38)43-29(3,4)5)15-17-11-13-18(14-12-17)42-28(39)44-30(6,7)8/h9,11-14,19-23,34H,1,10,15-16H2,2-8H3,(H,32,38)(H,33,35)/t19?,20-,21-,22-,23-,31-/m0/s1. The van der Waals surface area contributed by atoms with Gasteiger partial charge in [-0.2, -0.15) is 0 Å². The fourth-order valence-corrected chi connectivity index (χ4v) is 5.44. The minimum absolute atomic E-state index is 0.0109. The lowest BCUT2D eigenvalue weighted by molar-refractivity contribution is -0.156. The Morgan fingerprint density at radius 3 is 2.20 bits per heavy atom. The molecule has 3 rings (SSSR count). The molecule has 6 atom stereocenters. The van der Waals surface area contributed by atoms with Gasteiger partial charge in [0, 0.05) is 24.7 Å². The first-order valence-electron chi connectivity index (χ1n) is 14.4. The number of carbonyl (C=O) groups is 5. The maximum absolute atomic E-state index is 13.8. The van der Waals surface area contributed by atoms with E-state index in [1.54, 1.807) is 60.6 Å². The van der Waals surface area contributed by atoms with E-state index in [4.69, 9.17) is 23.7 Å². The molecule has 2 fully saturated rings. The van der Waals surface area contributed by atoms with Gasteiger partial charge in [-0.25, -0.2) is 14.4 Å². The summed E-state index contributed by atoms with van der Waals surface area (Å²) in [5, 5.41) is 16.0. The SMILES string of the molecule is C=COC(=O)[C@H]1[C@H]2[C@@H]1[C@](NC(=O)C(Cc1ccc(OC(=O)OC(C)(C)C)cc1)NC(=O)OC(C)(C)C)(C(=O)OCC)C[C@@H]2O. The molecule has 0 heterocycles. The van der Waals surface area contributed by atoms with Gasteiger partial charge < -0.3 is 39.4 Å². The highest BCUT2D eigenvalue weighted by Gasteiger charge is 2.76. The van der Waals surface area contributed by atoms with Gasteiger partial charge in [0.05, 0.1) is 24.9 Å². The molecule has 0 saturated heterocycles. The van der Waals surface area contributed by atoms with Crippen molar-refractivity contribution in [2.24, 2.45) is 17.8 Å². The molecule has 0 spiro atoms. The molecule has 1 aromatic carbocycles. The topological polar surface area (TPSA) is 176 Å². The largest absolute Gasteiger partial charge is 0.514 e. The maximum Gasteiger partial charge on any atom is 0.514 e. The fraction of sp³-hybridized carbons (Fsp3) is 0.581. The average Bonchev–Trinajstić information content (AvgIpc) is 3.57. The number of aliphatic hydroxyl groups is 1. The third-order valence-corrected chi connectivity index (χ3v) is 7.04. The van der Waals surface area contributed by atoms with Crippen LogP contribution in [0.25, 0.3) is 0 Å². The molecule has 0 aromatic heterocycles. The van der Waals surface area contributed by atoms with Crippen molar-refractivity contribution in [3.05, 3.63) is 42.7 Å². The van der Waals surface area contributed by atoms with Crippen LogP contribution in [0.1, 0.15) is 60.5 Å². The number of hydrogen-bond acceptors (Lipinski definition) is 11. The summed E-state index contributed by atoms with van der Waals surface area (Å²) in [6, 6.07) is 4.92. The zero-order valence-corrected chi connectivity index (χ0v) is 26.1. The second-order valence-electron chi connectivity index (χ2n) is 12.8. The Balaban J connectivity index is 1.86. The smallest absolute Gasteiger partial charge is 0.464 e. The van der Waals surface area contributed by atoms with Crippen molar-refractivity contribution in [1.29, 1.82) is 0 Å². The van der Waals surface area contributed by atoms with Crippen molar-refractivity contribution < 1.29 is 52.8 Å². The summed E-state index contributed by atoms with van der Waals surface area (Å²) < 4.78 is 25.9. The van der Waals surface area contributed by atoms with E-state index >= 15 is 0 Å². The minimum Gasteiger partial charge on any atom is -0.464 e. The molecular weight excluding hydrogens is 576 g/mol. The van der Waals surface area contributed by atoms with E-state index < -0.39 is 76.7 Å². The molecule has 2 saturated carbocycles. The quantitative estimate of drug-likeness (QED) is 0.152. The van der Waals surface area contributed by atoms with Gasteiger partial charge in [-0.15, -0.1) is 0 Å². The number of aliphatic hydroxyl groups excluding tert-OH is 1. The zero-order valence-electron chi connectivity index (χ0n) is 26.1. The summed E-state index contributed by atoms with van der Waals surface area (Å²) in [6.45, 7) is 15.1. The van der Waals surface area contributed by atoms with Crippen molar-refractivity contribution >= 4 is 30.1 Å². The first kappa shape index (κ1) is 34.4. The Morgan fingerprint density at radius 1 is 1.05 bits per heavy atom. The van der Waals surface area contributed by atoms with Crippen molar-refractivity contribution in [1.82, 2.24) is 10.6 Å². The highest BCUT2D eigenvalue weighted by atomic mass is 16.7. The first-order chi connectivity index (χ1) is 20.4. The lowest BCUT2D eigenvalue weighted by Crippen LogP contribution is -2.62. The van der Waals surface area contributed by atoms with Gasteiger partial charge in [-0.1, -0.05) is 18.7 Å². The summed E-state index contributed by atoms with van der Waals surface area (Å²) in [4.78, 5) is 64.5. The number of esters is 2. The van der Waals surface area contributed by atoms with Crippen LogP contribution in [0, 0.1) is 17.8 Å². The minimum atomic E-state index is -1.75. The van der Waals surface area contributed by atoms with Crippen molar-refractivity contribution in [2.75, 3.05) is 6.61 Å². The number of amides is 2. The van der Waals surface area contributed by atoms with E-state index in [1.807, 2.05) is 0 Å². The second-order valence-corrected chi connectivity index (χ2v) is 12.8. The lowest BCUT2D eigenvalue weighted by atomic mass is 9.88. The molecule has 2 amide bonds. The van der Waals surface area contributed by atoms with Crippen LogP contribution in [0.2, 0.25) is 0 Å². The Hall–Kier alpha value is -4.13. The van der Waals surface area contributed by atoms with Crippen molar-refractivity contribution in [3.63, 3.8) is 0 Å². The molecule has 2 aliphatic carbocycles. The molecule has 0 aliphatic heterocycles. The van der Waals surface area contributed by atoms with E-state index in [9.17, 15) is 29.1 Å². The van der Waals surface area contributed by atoms with E-state index in [1.165, 1.54) is 12.1 Å². The highest BCUT2D eigenvalue weighted by molar-refractivity contribution is 5.94. The molecule has 2 aliphatic rings. The van der Waals surface area contributed by atoms with Crippen LogP contribution < -0.4 is 15.4 Å². The third-order valence-electron chi connectivity index (χ3n) is 7.04. The molecule has 0 bridgehead atoms. The fourth-order valence-electron chi connectivity index (χ4n) is 5.44. The van der Waals surface area contributed by atoms with E-state index in [-0.39, 0.29) is 25.2 Å². The van der Waals surface area contributed by atoms with E-state index in [2.05, 4.69) is 17.2 Å². The Bertz CT molecular complexity index is 1260. The number of fused-ring (bicyclic) bond motifs is 1. The number of rotatable bonds is 10.